The largest absolute Gasteiger partial charge is 0.272 e. The van der Waals surface area contributed by atoms with Gasteiger partial charge in [0, 0.05) is 27.2 Å². The third-order valence-corrected chi connectivity index (χ3v) is 5.83. The van der Waals surface area contributed by atoms with Gasteiger partial charge in [0.15, 0.2) is 0 Å². The van der Waals surface area contributed by atoms with Crippen molar-refractivity contribution >= 4 is 45.0 Å². The minimum atomic E-state index is -0.336. The number of nitrogens with zero attached hydrogens (tertiary/aromatic N) is 1. The Morgan fingerprint density at radius 3 is 2.88 bits per heavy atom. The van der Waals surface area contributed by atoms with Crippen molar-refractivity contribution in [3.05, 3.63) is 38.9 Å². The van der Waals surface area contributed by atoms with Gasteiger partial charge in [-0.15, -0.1) is 0 Å². The zero-order valence-electron chi connectivity index (χ0n) is 8.94. The van der Waals surface area contributed by atoms with Crippen molar-refractivity contribution in [1.29, 1.82) is 0 Å². The van der Waals surface area contributed by atoms with Crippen molar-refractivity contribution in [3.8, 4) is 0 Å². The quantitative estimate of drug-likeness (QED) is 0.477. The Morgan fingerprint density at radius 1 is 1.53 bits per heavy atom. The molecule has 0 aromatic heterocycles. The zero-order chi connectivity index (χ0) is 12.4. The van der Waals surface area contributed by atoms with Crippen molar-refractivity contribution in [2.45, 2.75) is 11.2 Å². The van der Waals surface area contributed by atoms with Gasteiger partial charge in [-0.05, 0) is 30.2 Å². The number of thioether (sulfide) groups is 1. The fourth-order valence-electron chi connectivity index (χ4n) is 1.94. The highest BCUT2D eigenvalue weighted by atomic mass is 79.9. The number of halogens is 2. The van der Waals surface area contributed by atoms with Crippen LogP contribution < -0.4 is 0 Å². The Hall–Kier alpha value is -0.260. The molecule has 0 N–H and O–H groups in total. The second-order valence-corrected chi connectivity index (χ2v) is 6.74. The summed E-state index contributed by atoms with van der Waals surface area (Å²) in [5.74, 6) is 2.55. The van der Waals surface area contributed by atoms with E-state index in [1.54, 1.807) is 12.1 Å². The van der Waals surface area contributed by atoms with Crippen LogP contribution in [-0.4, -0.2) is 21.3 Å². The van der Waals surface area contributed by atoms with E-state index >= 15 is 0 Å². The number of rotatable bonds is 3. The molecule has 1 saturated heterocycles. The van der Waals surface area contributed by atoms with Gasteiger partial charge in [0.1, 0.15) is 0 Å². The normalized spacial score (nSPS) is 23.9. The number of hydrogen-bond donors (Lipinski definition) is 0. The van der Waals surface area contributed by atoms with E-state index in [0.717, 1.165) is 17.1 Å². The fourth-order valence-corrected chi connectivity index (χ4v) is 4.60. The van der Waals surface area contributed by atoms with Crippen molar-refractivity contribution in [2.75, 3.05) is 11.5 Å². The topological polar surface area (TPSA) is 43.1 Å². The zero-order valence-corrected chi connectivity index (χ0v) is 12.1. The average Bonchev–Trinajstić information content (AvgIpc) is 2.64. The second kappa shape index (κ2) is 5.59. The third-order valence-electron chi connectivity index (χ3n) is 2.84. The molecular formula is C11H11BrClNO2S. The molecule has 17 heavy (non-hydrogen) atoms. The summed E-state index contributed by atoms with van der Waals surface area (Å²) < 4.78 is 0. The summed E-state index contributed by atoms with van der Waals surface area (Å²) in [5, 5.41) is 11.5. The molecule has 6 heteroatoms. The molecule has 0 bridgehead atoms. The first-order valence-corrected chi connectivity index (χ1v) is 7.67. The Morgan fingerprint density at radius 2 is 2.29 bits per heavy atom. The molecule has 2 unspecified atom stereocenters. The highest BCUT2D eigenvalue weighted by molar-refractivity contribution is 9.09. The fraction of sp³-hybridized carbons (Fsp3) is 0.455. The molecule has 1 aromatic carbocycles. The van der Waals surface area contributed by atoms with Crippen molar-refractivity contribution in [3.63, 3.8) is 0 Å². The Kier molecular flexibility index (Phi) is 4.33. The average molecular weight is 337 g/mol. The SMILES string of the molecule is O=[N+]([O-])c1ccc(Cl)cc1CC1CSCC1Br. The van der Waals surface area contributed by atoms with E-state index in [2.05, 4.69) is 15.9 Å². The molecule has 3 nitrogen and oxygen atoms in total. The van der Waals surface area contributed by atoms with E-state index in [4.69, 9.17) is 11.6 Å². The minimum absolute atomic E-state index is 0.172. The van der Waals surface area contributed by atoms with E-state index in [9.17, 15) is 10.1 Å². The number of hydrogen-bond acceptors (Lipinski definition) is 3. The lowest BCUT2D eigenvalue weighted by atomic mass is 9.97. The Labute approximate surface area is 117 Å². The van der Waals surface area contributed by atoms with Gasteiger partial charge in [0.25, 0.3) is 5.69 Å². The van der Waals surface area contributed by atoms with E-state index in [-0.39, 0.29) is 10.6 Å². The summed E-state index contributed by atoms with van der Waals surface area (Å²) in [6, 6.07) is 4.77. The third kappa shape index (κ3) is 3.14. The lowest BCUT2D eigenvalue weighted by Gasteiger charge is -2.13. The van der Waals surface area contributed by atoms with Gasteiger partial charge in [0.05, 0.1) is 4.92 Å². The van der Waals surface area contributed by atoms with Crippen molar-refractivity contribution in [2.24, 2.45) is 5.92 Å². The molecule has 1 heterocycles. The standard InChI is InChI=1S/C11H11BrClNO2S/c12-10-6-17-5-8(10)3-7-4-9(13)1-2-11(7)14(15)16/h1-2,4,8,10H,3,5-6H2. The van der Waals surface area contributed by atoms with E-state index < -0.39 is 0 Å². The molecular weight excluding hydrogens is 326 g/mol. The maximum atomic E-state index is 10.9. The van der Waals surface area contributed by atoms with Crippen molar-refractivity contribution < 1.29 is 4.92 Å². The lowest BCUT2D eigenvalue weighted by Crippen LogP contribution is -2.15. The summed E-state index contributed by atoms with van der Waals surface area (Å²) in [7, 11) is 0. The van der Waals surface area contributed by atoms with Gasteiger partial charge in [-0.3, -0.25) is 10.1 Å². The molecule has 0 amide bonds. The molecule has 2 rings (SSSR count). The van der Waals surface area contributed by atoms with Crippen LogP contribution in [0.2, 0.25) is 5.02 Å². The highest BCUT2D eigenvalue weighted by Gasteiger charge is 2.28. The van der Waals surface area contributed by atoms with Crippen LogP contribution in [0.4, 0.5) is 5.69 Å². The molecule has 0 aliphatic carbocycles. The number of alkyl halides is 1. The smallest absolute Gasteiger partial charge is 0.258 e. The first-order chi connectivity index (χ1) is 8.08. The van der Waals surface area contributed by atoms with Crippen LogP contribution in [0.5, 0.6) is 0 Å². The molecule has 92 valence electrons. The molecule has 1 fully saturated rings. The Bertz CT molecular complexity index is 443. The van der Waals surface area contributed by atoms with Crippen LogP contribution in [0.25, 0.3) is 0 Å². The molecule has 2 atom stereocenters. The van der Waals surface area contributed by atoms with Crippen LogP contribution in [-0.2, 0) is 6.42 Å². The summed E-state index contributed by atoms with van der Waals surface area (Å²) >= 11 is 11.4. The number of benzene rings is 1. The van der Waals surface area contributed by atoms with E-state index in [0.29, 0.717) is 22.2 Å². The number of nitro benzene ring substituents is 1. The molecule has 1 aliphatic rings. The summed E-state index contributed by atoms with van der Waals surface area (Å²) in [6.45, 7) is 0. The summed E-state index contributed by atoms with van der Waals surface area (Å²) in [6.07, 6.45) is 0.708. The molecule has 0 radical (unpaired) electrons. The van der Waals surface area contributed by atoms with E-state index in [1.807, 2.05) is 11.8 Å². The Balaban J connectivity index is 2.24. The van der Waals surface area contributed by atoms with Gasteiger partial charge >= 0.3 is 0 Å². The van der Waals surface area contributed by atoms with E-state index in [1.165, 1.54) is 6.07 Å². The van der Waals surface area contributed by atoms with Gasteiger partial charge in [-0.1, -0.05) is 27.5 Å². The molecule has 1 aliphatic heterocycles. The van der Waals surface area contributed by atoms with Crippen LogP contribution in [0.1, 0.15) is 5.56 Å². The maximum Gasteiger partial charge on any atom is 0.272 e. The van der Waals surface area contributed by atoms with Gasteiger partial charge in [0.2, 0.25) is 0 Å². The van der Waals surface area contributed by atoms with Crippen LogP contribution in [0.15, 0.2) is 18.2 Å². The van der Waals surface area contributed by atoms with Crippen LogP contribution >= 0.6 is 39.3 Å². The maximum absolute atomic E-state index is 10.9. The second-order valence-electron chi connectivity index (χ2n) is 4.05. The summed E-state index contributed by atoms with van der Waals surface area (Å²) in [5.41, 5.74) is 0.908. The molecule has 1 aromatic rings. The highest BCUT2D eigenvalue weighted by Crippen LogP contribution is 2.34. The van der Waals surface area contributed by atoms with Crippen LogP contribution in [0.3, 0.4) is 0 Å². The van der Waals surface area contributed by atoms with Crippen molar-refractivity contribution in [1.82, 2.24) is 0 Å². The summed E-state index contributed by atoms with van der Waals surface area (Å²) in [4.78, 5) is 11.0. The van der Waals surface area contributed by atoms with Gasteiger partial charge in [-0.2, -0.15) is 11.8 Å². The predicted molar refractivity (Wildman–Crippen MR) is 75.3 cm³/mol. The van der Waals surface area contributed by atoms with Gasteiger partial charge < -0.3 is 0 Å². The predicted octanol–water partition coefficient (Wildman–Crippen LogP) is 3.92. The lowest BCUT2D eigenvalue weighted by molar-refractivity contribution is -0.385. The number of nitro groups is 1. The van der Waals surface area contributed by atoms with Crippen LogP contribution in [0, 0.1) is 16.0 Å². The molecule has 0 spiro atoms. The molecule has 0 saturated carbocycles. The minimum Gasteiger partial charge on any atom is -0.258 e. The monoisotopic (exact) mass is 335 g/mol. The first kappa shape index (κ1) is 13.2. The first-order valence-electron chi connectivity index (χ1n) is 5.22. The van der Waals surface area contributed by atoms with Gasteiger partial charge in [-0.25, -0.2) is 0 Å².